The van der Waals surface area contributed by atoms with Crippen molar-refractivity contribution in [1.29, 1.82) is 0 Å². The third-order valence-electron chi connectivity index (χ3n) is 1.01. The van der Waals surface area contributed by atoms with Crippen LogP contribution in [0.15, 0.2) is 25.0 Å². The summed E-state index contributed by atoms with van der Waals surface area (Å²) in [4.78, 5) is 31.5. The smallest absolute Gasteiger partial charge is 0.481 e. The van der Waals surface area contributed by atoms with Crippen LogP contribution in [0.1, 0.15) is 6.42 Å². The summed E-state index contributed by atoms with van der Waals surface area (Å²) in [6, 6.07) is 0. The van der Waals surface area contributed by atoms with E-state index in [0.29, 0.717) is 0 Å². The number of carbonyl (C=O) groups is 3. The van der Waals surface area contributed by atoms with Gasteiger partial charge in [-0.15, -0.1) is 0 Å². The Morgan fingerprint density at radius 2 is 1.93 bits per heavy atom. The molecule has 0 saturated heterocycles. The quantitative estimate of drug-likeness (QED) is 0.313. The Bertz CT molecular complexity index is 290. The van der Waals surface area contributed by atoms with Crippen molar-refractivity contribution >= 4 is 18.1 Å². The zero-order chi connectivity index (χ0) is 11.1. The van der Waals surface area contributed by atoms with Crippen molar-refractivity contribution in [1.82, 2.24) is 0 Å². The van der Waals surface area contributed by atoms with E-state index < -0.39 is 24.5 Å². The molecule has 0 radical (unpaired) electrons. The lowest BCUT2D eigenvalue weighted by Crippen LogP contribution is -2.15. The minimum atomic E-state index is -1.28. The average Bonchev–Trinajstić information content (AvgIpc) is 2.02. The van der Waals surface area contributed by atoms with Crippen LogP contribution in [0, 0.1) is 0 Å². The molecule has 6 heteroatoms. The normalized spacial score (nSPS) is 8.57. The molecule has 0 aliphatic carbocycles. The number of aliphatic carboxylic acids is 1. The van der Waals surface area contributed by atoms with Crippen molar-refractivity contribution in [2.24, 2.45) is 0 Å². The minimum absolute atomic E-state index is 0.349. The fraction of sp³-hybridized carbons (Fsp3) is 0.125. The molecule has 14 heavy (non-hydrogen) atoms. The standard InChI is InChI=1S/C8H8O6/c1-3-13-8(12)14-7(11)5(2)4-6(9)10/h3H,1-2,4H2,(H,9,10). The lowest BCUT2D eigenvalue weighted by Gasteiger charge is -2.01. The van der Waals surface area contributed by atoms with Gasteiger partial charge in [0.1, 0.15) is 0 Å². The molecule has 0 heterocycles. The average molecular weight is 200 g/mol. The second-order valence-corrected chi connectivity index (χ2v) is 2.10. The maximum Gasteiger partial charge on any atom is 0.521 e. The Morgan fingerprint density at radius 3 is 2.36 bits per heavy atom. The van der Waals surface area contributed by atoms with Gasteiger partial charge in [0.05, 0.1) is 12.7 Å². The third-order valence-corrected chi connectivity index (χ3v) is 1.01. The SMILES string of the molecule is C=COC(=O)OC(=O)C(=C)CC(=O)O. The molecule has 0 spiro atoms. The van der Waals surface area contributed by atoms with E-state index in [4.69, 9.17) is 5.11 Å². The van der Waals surface area contributed by atoms with Gasteiger partial charge < -0.3 is 14.6 Å². The Labute approximate surface area is 79.4 Å². The molecule has 0 aliphatic heterocycles. The highest BCUT2D eigenvalue weighted by Gasteiger charge is 2.16. The summed E-state index contributed by atoms with van der Waals surface area (Å²) in [5.41, 5.74) is -0.349. The number of hydrogen-bond donors (Lipinski definition) is 1. The summed E-state index contributed by atoms with van der Waals surface area (Å²) in [5, 5.41) is 8.27. The van der Waals surface area contributed by atoms with Crippen LogP contribution < -0.4 is 0 Å². The van der Waals surface area contributed by atoms with Crippen LogP contribution in [-0.4, -0.2) is 23.2 Å². The molecule has 0 atom stereocenters. The topological polar surface area (TPSA) is 89.9 Å². The van der Waals surface area contributed by atoms with Crippen LogP contribution in [-0.2, 0) is 19.1 Å². The van der Waals surface area contributed by atoms with Crippen molar-refractivity contribution in [2.45, 2.75) is 6.42 Å². The highest BCUT2D eigenvalue weighted by molar-refractivity contribution is 5.97. The Balaban J connectivity index is 4.08. The number of carboxylic acid groups (broad SMARTS) is 1. The lowest BCUT2D eigenvalue weighted by molar-refractivity contribution is -0.140. The van der Waals surface area contributed by atoms with Gasteiger partial charge in [0.15, 0.2) is 0 Å². The van der Waals surface area contributed by atoms with E-state index in [1.54, 1.807) is 0 Å². The Hall–Kier alpha value is -2.11. The molecule has 0 unspecified atom stereocenters. The minimum Gasteiger partial charge on any atom is -0.481 e. The van der Waals surface area contributed by atoms with Crippen LogP contribution in [0.25, 0.3) is 0 Å². The lowest BCUT2D eigenvalue weighted by atomic mass is 10.2. The van der Waals surface area contributed by atoms with E-state index in [0.717, 1.165) is 6.26 Å². The third kappa shape index (κ3) is 4.70. The highest BCUT2D eigenvalue weighted by Crippen LogP contribution is 2.02. The van der Waals surface area contributed by atoms with E-state index in [1.807, 2.05) is 0 Å². The van der Waals surface area contributed by atoms with Crippen molar-refractivity contribution in [3.05, 3.63) is 25.0 Å². The molecule has 0 saturated carbocycles. The van der Waals surface area contributed by atoms with Gasteiger partial charge in [-0.1, -0.05) is 13.2 Å². The van der Waals surface area contributed by atoms with E-state index in [2.05, 4.69) is 22.6 Å². The molecule has 0 aromatic rings. The molecule has 76 valence electrons. The first kappa shape index (κ1) is 11.9. The summed E-state index contributed by atoms with van der Waals surface area (Å²) in [5.74, 6) is -2.39. The number of hydrogen-bond acceptors (Lipinski definition) is 5. The van der Waals surface area contributed by atoms with Crippen LogP contribution >= 0.6 is 0 Å². The van der Waals surface area contributed by atoms with Gasteiger partial charge in [-0.05, 0) is 0 Å². The first-order valence-corrected chi connectivity index (χ1v) is 3.40. The van der Waals surface area contributed by atoms with E-state index >= 15 is 0 Å². The van der Waals surface area contributed by atoms with E-state index in [1.165, 1.54) is 0 Å². The fourth-order valence-corrected chi connectivity index (χ4v) is 0.495. The van der Waals surface area contributed by atoms with Gasteiger partial charge in [-0.3, -0.25) is 4.79 Å². The molecule has 0 bridgehead atoms. The Kier molecular flexibility index (Phi) is 4.69. The van der Waals surface area contributed by atoms with Crippen molar-refractivity contribution in [3.8, 4) is 0 Å². The number of rotatable bonds is 4. The summed E-state index contributed by atoms with van der Waals surface area (Å²) < 4.78 is 8.08. The van der Waals surface area contributed by atoms with Crippen LogP contribution in [0.3, 0.4) is 0 Å². The summed E-state index contributed by atoms with van der Waals surface area (Å²) in [6.45, 7) is 6.17. The van der Waals surface area contributed by atoms with Crippen LogP contribution in [0.2, 0.25) is 0 Å². The zero-order valence-corrected chi connectivity index (χ0v) is 7.19. The van der Waals surface area contributed by atoms with Gasteiger partial charge in [0, 0.05) is 5.57 Å². The molecule has 0 fully saturated rings. The summed E-state index contributed by atoms with van der Waals surface area (Å²) >= 11 is 0. The molecule has 0 amide bonds. The number of esters is 1. The zero-order valence-electron chi connectivity index (χ0n) is 7.19. The summed E-state index contributed by atoms with van der Waals surface area (Å²) in [7, 11) is 0. The van der Waals surface area contributed by atoms with Gasteiger partial charge in [0.2, 0.25) is 0 Å². The Morgan fingerprint density at radius 1 is 1.36 bits per heavy atom. The molecule has 0 aliphatic rings. The molecule has 1 N–H and O–H groups in total. The second kappa shape index (κ2) is 5.52. The van der Waals surface area contributed by atoms with Gasteiger partial charge >= 0.3 is 18.1 Å². The fourth-order valence-electron chi connectivity index (χ4n) is 0.495. The predicted molar refractivity (Wildman–Crippen MR) is 44.2 cm³/mol. The molecule has 0 aromatic carbocycles. The van der Waals surface area contributed by atoms with E-state index in [9.17, 15) is 14.4 Å². The highest BCUT2D eigenvalue weighted by atomic mass is 16.7. The van der Waals surface area contributed by atoms with Gasteiger partial charge in [0.25, 0.3) is 0 Å². The van der Waals surface area contributed by atoms with E-state index in [-0.39, 0.29) is 5.57 Å². The van der Waals surface area contributed by atoms with Crippen molar-refractivity contribution < 1.29 is 29.0 Å². The van der Waals surface area contributed by atoms with Crippen LogP contribution in [0.5, 0.6) is 0 Å². The van der Waals surface area contributed by atoms with Crippen molar-refractivity contribution in [3.63, 3.8) is 0 Å². The van der Waals surface area contributed by atoms with Crippen LogP contribution in [0.4, 0.5) is 4.79 Å². The number of carboxylic acids is 1. The monoisotopic (exact) mass is 200 g/mol. The molecule has 0 aromatic heterocycles. The maximum atomic E-state index is 10.8. The largest absolute Gasteiger partial charge is 0.521 e. The van der Waals surface area contributed by atoms with Gasteiger partial charge in [-0.25, -0.2) is 9.59 Å². The predicted octanol–water partition coefficient (Wildman–Crippen LogP) is 0.841. The first-order chi connectivity index (χ1) is 6.47. The maximum absolute atomic E-state index is 10.8. The number of carbonyl (C=O) groups excluding carboxylic acids is 2. The second-order valence-electron chi connectivity index (χ2n) is 2.10. The molecular formula is C8H8O6. The molecule has 6 nitrogen and oxygen atoms in total. The number of ether oxygens (including phenoxy) is 2. The molecular weight excluding hydrogens is 192 g/mol. The van der Waals surface area contributed by atoms with Gasteiger partial charge in [-0.2, -0.15) is 0 Å². The first-order valence-electron chi connectivity index (χ1n) is 3.40. The molecule has 0 rings (SSSR count). The van der Waals surface area contributed by atoms with Crippen molar-refractivity contribution in [2.75, 3.05) is 0 Å². The summed E-state index contributed by atoms with van der Waals surface area (Å²) in [6.07, 6.45) is -1.10.